The van der Waals surface area contributed by atoms with Crippen molar-refractivity contribution in [1.82, 2.24) is 0 Å². The van der Waals surface area contributed by atoms with Gasteiger partial charge in [0.2, 0.25) is 0 Å². The van der Waals surface area contributed by atoms with Crippen LogP contribution in [-0.4, -0.2) is 24.7 Å². The maximum absolute atomic E-state index is 6.16. The highest BCUT2D eigenvalue weighted by Crippen LogP contribution is 2.26. The Labute approximate surface area is 92.7 Å². The Morgan fingerprint density at radius 3 is 2.40 bits per heavy atom. The van der Waals surface area contributed by atoms with Crippen LogP contribution in [0.15, 0.2) is 0 Å². The number of hydrogen-bond donors (Lipinski definition) is 4. The molecule has 0 spiro atoms. The molecule has 0 saturated heterocycles. The van der Waals surface area contributed by atoms with E-state index in [1.165, 1.54) is 0 Å². The van der Waals surface area contributed by atoms with Crippen LogP contribution in [0.1, 0.15) is 38.5 Å². The number of rotatable bonds is 5. The summed E-state index contributed by atoms with van der Waals surface area (Å²) >= 11 is 0. The maximum atomic E-state index is 6.16. The topological polar surface area (TPSA) is 104 Å². The molecular weight excluding hydrogens is 188 g/mol. The van der Waals surface area contributed by atoms with Crippen LogP contribution < -0.4 is 22.9 Å². The Balaban J connectivity index is 2.24. The number of unbranched alkanes of at least 4 members (excludes halogenated alkanes) is 1. The zero-order valence-corrected chi connectivity index (χ0v) is 9.57. The molecule has 0 heterocycles. The highest BCUT2D eigenvalue weighted by molar-refractivity contribution is 4.88. The fourth-order valence-corrected chi connectivity index (χ4v) is 2.41. The van der Waals surface area contributed by atoms with Crippen LogP contribution in [-0.2, 0) is 0 Å². The molecule has 1 aliphatic rings. The van der Waals surface area contributed by atoms with Crippen molar-refractivity contribution in [2.45, 2.75) is 56.7 Å². The minimum absolute atomic E-state index is 0.143. The molecule has 1 saturated carbocycles. The number of nitrogens with two attached hydrogens (primary N) is 4. The Hall–Kier alpha value is -0.160. The lowest BCUT2D eigenvalue weighted by atomic mass is 9.78. The van der Waals surface area contributed by atoms with Gasteiger partial charge in [-0.1, -0.05) is 6.42 Å². The van der Waals surface area contributed by atoms with E-state index in [2.05, 4.69) is 0 Å². The molecule has 1 fully saturated rings. The molecule has 0 aromatic rings. The first kappa shape index (κ1) is 12.9. The Morgan fingerprint density at radius 1 is 1.07 bits per heavy atom. The van der Waals surface area contributed by atoms with E-state index >= 15 is 0 Å². The molecule has 8 N–H and O–H groups in total. The van der Waals surface area contributed by atoms with E-state index in [9.17, 15) is 0 Å². The molecular formula is C11H26N4. The Morgan fingerprint density at radius 2 is 1.80 bits per heavy atom. The molecule has 4 heteroatoms. The predicted molar refractivity (Wildman–Crippen MR) is 64.2 cm³/mol. The van der Waals surface area contributed by atoms with Crippen molar-refractivity contribution in [3.63, 3.8) is 0 Å². The van der Waals surface area contributed by atoms with Crippen LogP contribution in [0, 0.1) is 5.92 Å². The zero-order valence-electron chi connectivity index (χ0n) is 9.57. The lowest BCUT2D eigenvalue weighted by molar-refractivity contribution is 0.245. The van der Waals surface area contributed by atoms with Crippen molar-refractivity contribution in [3.8, 4) is 0 Å². The van der Waals surface area contributed by atoms with Gasteiger partial charge >= 0.3 is 0 Å². The first-order valence-electron chi connectivity index (χ1n) is 6.12. The predicted octanol–water partition coefficient (Wildman–Crippen LogP) is -0.103. The molecule has 0 amide bonds. The summed E-state index contributed by atoms with van der Waals surface area (Å²) in [5, 5.41) is 0. The molecule has 15 heavy (non-hydrogen) atoms. The molecule has 4 atom stereocenters. The summed E-state index contributed by atoms with van der Waals surface area (Å²) in [6, 6.07) is 0.608. The van der Waals surface area contributed by atoms with Crippen molar-refractivity contribution in [3.05, 3.63) is 0 Å². The molecule has 0 aromatic heterocycles. The average molecular weight is 214 g/mol. The van der Waals surface area contributed by atoms with E-state index in [1.807, 2.05) is 0 Å². The SMILES string of the molecule is NCCCCC(N)C1CCC(N)C(N)C1. The minimum Gasteiger partial charge on any atom is -0.330 e. The van der Waals surface area contributed by atoms with Gasteiger partial charge in [-0.25, -0.2) is 0 Å². The second-order valence-corrected chi connectivity index (χ2v) is 4.85. The van der Waals surface area contributed by atoms with Gasteiger partial charge in [-0.2, -0.15) is 0 Å². The highest BCUT2D eigenvalue weighted by atomic mass is 14.8. The first-order valence-corrected chi connectivity index (χ1v) is 6.12. The first-order chi connectivity index (χ1) is 7.15. The monoisotopic (exact) mass is 214 g/mol. The summed E-state index contributed by atoms with van der Waals surface area (Å²) in [6.45, 7) is 0.766. The second kappa shape index (κ2) is 6.43. The lowest BCUT2D eigenvalue weighted by Gasteiger charge is -2.34. The van der Waals surface area contributed by atoms with Gasteiger partial charge in [-0.05, 0) is 44.6 Å². The van der Waals surface area contributed by atoms with Crippen LogP contribution >= 0.6 is 0 Å². The summed E-state index contributed by atoms with van der Waals surface area (Å²) in [5.41, 5.74) is 23.5. The van der Waals surface area contributed by atoms with E-state index in [-0.39, 0.29) is 18.1 Å². The normalized spacial score (nSPS) is 34.0. The average Bonchev–Trinajstić information content (AvgIpc) is 2.22. The summed E-state index contributed by atoms with van der Waals surface area (Å²) in [5.74, 6) is 0.567. The summed E-state index contributed by atoms with van der Waals surface area (Å²) < 4.78 is 0. The quantitative estimate of drug-likeness (QED) is 0.480. The van der Waals surface area contributed by atoms with Crippen molar-refractivity contribution >= 4 is 0 Å². The summed E-state index contributed by atoms with van der Waals surface area (Å²) in [7, 11) is 0. The molecule has 0 bridgehead atoms. The van der Waals surface area contributed by atoms with Crippen LogP contribution in [0.25, 0.3) is 0 Å². The van der Waals surface area contributed by atoms with E-state index in [4.69, 9.17) is 22.9 Å². The Bertz CT molecular complexity index is 174. The summed E-state index contributed by atoms with van der Waals surface area (Å²) in [6.07, 6.45) is 6.44. The van der Waals surface area contributed by atoms with Crippen molar-refractivity contribution in [1.29, 1.82) is 0 Å². The zero-order chi connectivity index (χ0) is 11.3. The minimum atomic E-state index is 0.143. The van der Waals surface area contributed by atoms with E-state index < -0.39 is 0 Å². The van der Waals surface area contributed by atoms with E-state index in [0.717, 1.165) is 45.1 Å². The molecule has 4 unspecified atom stereocenters. The lowest BCUT2D eigenvalue weighted by Crippen LogP contribution is -2.49. The van der Waals surface area contributed by atoms with Gasteiger partial charge in [0.15, 0.2) is 0 Å². The van der Waals surface area contributed by atoms with Gasteiger partial charge in [0.1, 0.15) is 0 Å². The van der Waals surface area contributed by atoms with E-state index in [1.54, 1.807) is 0 Å². The van der Waals surface area contributed by atoms with Gasteiger partial charge in [-0.15, -0.1) is 0 Å². The van der Waals surface area contributed by atoms with Crippen molar-refractivity contribution in [2.75, 3.05) is 6.54 Å². The van der Waals surface area contributed by atoms with Gasteiger partial charge < -0.3 is 22.9 Å². The Kier molecular flexibility index (Phi) is 5.53. The molecule has 4 nitrogen and oxygen atoms in total. The van der Waals surface area contributed by atoms with Gasteiger partial charge in [0, 0.05) is 18.1 Å². The molecule has 0 aromatic carbocycles. The van der Waals surface area contributed by atoms with Gasteiger partial charge in [0.25, 0.3) is 0 Å². The highest BCUT2D eigenvalue weighted by Gasteiger charge is 2.28. The van der Waals surface area contributed by atoms with Crippen LogP contribution in [0.3, 0.4) is 0 Å². The third-order valence-electron chi connectivity index (χ3n) is 3.59. The third kappa shape index (κ3) is 4.07. The molecule has 0 aliphatic heterocycles. The van der Waals surface area contributed by atoms with Crippen molar-refractivity contribution in [2.24, 2.45) is 28.9 Å². The summed E-state index contributed by atoms with van der Waals surface area (Å²) in [4.78, 5) is 0. The van der Waals surface area contributed by atoms with Gasteiger partial charge in [-0.3, -0.25) is 0 Å². The fraction of sp³-hybridized carbons (Fsp3) is 1.00. The molecule has 1 rings (SSSR count). The fourth-order valence-electron chi connectivity index (χ4n) is 2.41. The molecule has 1 aliphatic carbocycles. The maximum Gasteiger partial charge on any atom is 0.0195 e. The second-order valence-electron chi connectivity index (χ2n) is 4.85. The van der Waals surface area contributed by atoms with Gasteiger partial charge in [0.05, 0.1) is 0 Å². The molecule has 90 valence electrons. The van der Waals surface area contributed by atoms with Crippen molar-refractivity contribution < 1.29 is 0 Å². The van der Waals surface area contributed by atoms with E-state index in [0.29, 0.717) is 5.92 Å². The smallest absolute Gasteiger partial charge is 0.0195 e. The van der Waals surface area contributed by atoms with Crippen LogP contribution in [0.2, 0.25) is 0 Å². The standard InChI is InChI=1S/C11H26N4/c12-6-2-1-3-9(13)8-4-5-10(14)11(15)7-8/h8-11H,1-7,12-15H2. The largest absolute Gasteiger partial charge is 0.330 e. The number of hydrogen-bond acceptors (Lipinski definition) is 4. The third-order valence-corrected chi connectivity index (χ3v) is 3.59. The van der Waals surface area contributed by atoms with Crippen LogP contribution in [0.4, 0.5) is 0 Å². The van der Waals surface area contributed by atoms with Crippen LogP contribution in [0.5, 0.6) is 0 Å². The molecule has 0 radical (unpaired) electrons.